The largest absolute Gasteiger partial charge is 0.322 e. The third-order valence-electron chi connectivity index (χ3n) is 3.42. The maximum Gasteiger partial charge on any atom is 0.259 e. The van der Waals surface area contributed by atoms with Gasteiger partial charge in [0.2, 0.25) is 0 Å². The topological polar surface area (TPSA) is 69.8 Å². The van der Waals surface area contributed by atoms with Gasteiger partial charge in [0.1, 0.15) is 0 Å². The third kappa shape index (κ3) is 3.92. The van der Waals surface area contributed by atoms with Gasteiger partial charge in [0.05, 0.1) is 11.8 Å². The lowest BCUT2D eigenvalue weighted by Gasteiger charge is -2.15. The van der Waals surface area contributed by atoms with Crippen LogP contribution in [-0.4, -0.2) is 22.6 Å². The van der Waals surface area contributed by atoms with Gasteiger partial charge in [0, 0.05) is 17.4 Å². The predicted octanol–water partition coefficient (Wildman–Crippen LogP) is 3.03. The van der Waals surface area contributed by atoms with Gasteiger partial charge in [-0.3, -0.25) is 9.89 Å². The number of aromatic amines is 1. The van der Waals surface area contributed by atoms with E-state index in [2.05, 4.69) is 40.7 Å². The summed E-state index contributed by atoms with van der Waals surface area (Å²) in [5.74, 6) is -0.146. The van der Waals surface area contributed by atoms with E-state index in [-0.39, 0.29) is 11.9 Å². The summed E-state index contributed by atoms with van der Waals surface area (Å²) in [5.41, 5.74) is 3.28. The summed E-state index contributed by atoms with van der Waals surface area (Å²) >= 11 is 0. The molecule has 0 saturated heterocycles. The number of carbonyl (C=O) groups is 1. The quantitative estimate of drug-likeness (QED) is 0.764. The van der Waals surface area contributed by atoms with Crippen LogP contribution in [0.2, 0.25) is 0 Å². The molecule has 3 N–H and O–H groups in total. The van der Waals surface area contributed by atoms with Crippen LogP contribution >= 0.6 is 0 Å². The number of benzene rings is 1. The van der Waals surface area contributed by atoms with Gasteiger partial charge < -0.3 is 10.6 Å². The Morgan fingerprint density at radius 3 is 2.90 bits per heavy atom. The van der Waals surface area contributed by atoms with Crippen LogP contribution in [-0.2, 0) is 0 Å². The summed E-state index contributed by atoms with van der Waals surface area (Å²) in [6, 6.07) is 8.17. The molecule has 0 aliphatic heterocycles. The van der Waals surface area contributed by atoms with Crippen LogP contribution in [0, 0.1) is 6.92 Å². The lowest BCUT2D eigenvalue weighted by Crippen LogP contribution is -2.19. The van der Waals surface area contributed by atoms with E-state index in [4.69, 9.17) is 0 Å². The van der Waals surface area contributed by atoms with Crippen molar-refractivity contribution in [3.05, 3.63) is 47.3 Å². The van der Waals surface area contributed by atoms with Crippen molar-refractivity contribution in [3.63, 3.8) is 0 Å². The van der Waals surface area contributed by atoms with Crippen LogP contribution in [0.4, 0.5) is 5.69 Å². The molecule has 0 aliphatic carbocycles. The van der Waals surface area contributed by atoms with Gasteiger partial charge in [-0.15, -0.1) is 0 Å². The van der Waals surface area contributed by atoms with Crippen LogP contribution in [0.3, 0.4) is 0 Å². The van der Waals surface area contributed by atoms with E-state index >= 15 is 0 Å². The molecule has 112 valence electrons. The zero-order valence-corrected chi connectivity index (χ0v) is 12.7. The molecule has 5 nitrogen and oxygen atoms in total. The van der Waals surface area contributed by atoms with E-state index in [1.165, 1.54) is 0 Å². The highest BCUT2D eigenvalue weighted by Crippen LogP contribution is 2.18. The van der Waals surface area contributed by atoms with Gasteiger partial charge in [-0.1, -0.05) is 19.1 Å². The first-order valence-corrected chi connectivity index (χ1v) is 7.26. The third-order valence-corrected chi connectivity index (χ3v) is 3.42. The molecular weight excluding hydrogens is 264 g/mol. The number of aromatic nitrogens is 2. The maximum absolute atomic E-state index is 12.2. The van der Waals surface area contributed by atoms with Crippen LogP contribution in [0.1, 0.15) is 47.9 Å². The molecule has 0 saturated carbocycles. The maximum atomic E-state index is 12.2. The average molecular weight is 286 g/mol. The Kier molecular flexibility index (Phi) is 5.11. The Morgan fingerprint density at radius 2 is 2.24 bits per heavy atom. The smallest absolute Gasteiger partial charge is 0.259 e. The van der Waals surface area contributed by atoms with Crippen LogP contribution in [0.15, 0.2) is 30.5 Å². The number of amides is 1. The van der Waals surface area contributed by atoms with Crippen molar-refractivity contribution in [1.82, 2.24) is 15.5 Å². The highest BCUT2D eigenvalue weighted by atomic mass is 16.1. The van der Waals surface area contributed by atoms with E-state index in [0.29, 0.717) is 5.56 Å². The minimum Gasteiger partial charge on any atom is -0.322 e. The normalized spacial score (nSPS) is 12.1. The predicted molar refractivity (Wildman–Crippen MR) is 84.4 cm³/mol. The van der Waals surface area contributed by atoms with Gasteiger partial charge in [-0.2, -0.15) is 5.10 Å². The van der Waals surface area contributed by atoms with E-state index in [1.807, 2.05) is 25.1 Å². The summed E-state index contributed by atoms with van der Waals surface area (Å²) in [7, 11) is 0. The van der Waals surface area contributed by atoms with E-state index < -0.39 is 0 Å². The molecule has 0 bridgehead atoms. The number of hydrogen-bond donors (Lipinski definition) is 3. The lowest BCUT2D eigenvalue weighted by atomic mass is 10.1. The summed E-state index contributed by atoms with van der Waals surface area (Å²) in [5, 5.41) is 13.0. The average Bonchev–Trinajstić information content (AvgIpc) is 2.91. The molecule has 1 aromatic carbocycles. The number of nitrogens with one attached hydrogen (secondary N) is 3. The Morgan fingerprint density at radius 1 is 1.43 bits per heavy atom. The minimum absolute atomic E-state index is 0.146. The standard InChI is InChI=1S/C16H22N4O/c1-4-8-17-11(2)13-6-5-7-14(9-13)19-16(21)15-10-18-20-12(15)3/h5-7,9-11,17H,4,8H2,1-3H3,(H,18,20)(H,19,21). The van der Waals surface area contributed by atoms with Crippen LogP contribution < -0.4 is 10.6 Å². The van der Waals surface area contributed by atoms with Crippen molar-refractivity contribution in [2.75, 3.05) is 11.9 Å². The zero-order valence-electron chi connectivity index (χ0n) is 12.7. The molecule has 1 unspecified atom stereocenters. The molecule has 2 rings (SSSR count). The number of nitrogens with zero attached hydrogens (tertiary/aromatic N) is 1. The van der Waals surface area contributed by atoms with Crippen LogP contribution in [0.25, 0.3) is 0 Å². The molecule has 0 fully saturated rings. The van der Waals surface area contributed by atoms with Crippen molar-refractivity contribution >= 4 is 11.6 Å². The first kappa shape index (κ1) is 15.3. The number of aryl methyl sites for hydroxylation is 1. The molecule has 1 heterocycles. The van der Waals surface area contributed by atoms with E-state index in [0.717, 1.165) is 29.9 Å². The first-order valence-electron chi connectivity index (χ1n) is 7.26. The molecule has 1 atom stereocenters. The second-order valence-corrected chi connectivity index (χ2v) is 5.16. The van der Waals surface area contributed by atoms with Crippen molar-refractivity contribution in [1.29, 1.82) is 0 Å². The second kappa shape index (κ2) is 7.04. The number of anilines is 1. The number of hydrogen-bond acceptors (Lipinski definition) is 3. The van der Waals surface area contributed by atoms with E-state index in [9.17, 15) is 4.79 Å². The number of carbonyl (C=O) groups excluding carboxylic acids is 1. The lowest BCUT2D eigenvalue weighted by molar-refractivity contribution is 0.102. The molecule has 0 radical (unpaired) electrons. The summed E-state index contributed by atoms with van der Waals surface area (Å²) in [4.78, 5) is 12.2. The molecule has 5 heteroatoms. The van der Waals surface area contributed by atoms with Gasteiger partial charge >= 0.3 is 0 Å². The van der Waals surface area contributed by atoms with Gasteiger partial charge in [-0.25, -0.2) is 0 Å². The van der Waals surface area contributed by atoms with Crippen molar-refractivity contribution < 1.29 is 4.79 Å². The molecule has 1 aromatic heterocycles. The van der Waals surface area contributed by atoms with Gasteiger partial charge in [0.25, 0.3) is 5.91 Å². The Labute approximate surface area is 125 Å². The van der Waals surface area contributed by atoms with Crippen LogP contribution in [0.5, 0.6) is 0 Å². The molecule has 2 aromatic rings. The molecule has 1 amide bonds. The monoisotopic (exact) mass is 286 g/mol. The van der Waals surface area contributed by atoms with Gasteiger partial charge in [-0.05, 0) is 44.5 Å². The fourth-order valence-electron chi connectivity index (χ4n) is 2.14. The Bertz CT molecular complexity index is 606. The van der Waals surface area contributed by atoms with E-state index in [1.54, 1.807) is 6.20 Å². The number of H-pyrrole nitrogens is 1. The fraction of sp³-hybridized carbons (Fsp3) is 0.375. The fourth-order valence-corrected chi connectivity index (χ4v) is 2.14. The summed E-state index contributed by atoms with van der Waals surface area (Å²) in [6.07, 6.45) is 2.64. The van der Waals surface area contributed by atoms with Crippen molar-refractivity contribution in [2.45, 2.75) is 33.2 Å². The SMILES string of the molecule is CCCNC(C)c1cccc(NC(=O)c2cn[nH]c2C)c1. The Balaban J connectivity index is 2.07. The second-order valence-electron chi connectivity index (χ2n) is 5.16. The molecule has 21 heavy (non-hydrogen) atoms. The summed E-state index contributed by atoms with van der Waals surface area (Å²) < 4.78 is 0. The highest BCUT2D eigenvalue weighted by Gasteiger charge is 2.12. The van der Waals surface area contributed by atoms with Crippen molar-refractivity contribution in [3.8, 4) is 0 Å². The molecular formula is C16H22N4O. The van der Waals surface area contributed by atoms with Gasteiger partial charge in [0.15, 0.2) is 0 Å². The molecule has 0 spiro atoms. The Hall–Kier alpha value is -2.14. The zero-order chi connectivity index (χ0) is 15.2. The molecule has 0 aliphatic rings. The summed E-state index contributed by atoms with van der Waals surface area (Å²) in [6.45, 7) is 7.07. The first-order chi connectivity index (χ1) is 10.1. The minimum atomic E-state index is -0.146. The van der Waals surface area contributed by atoms with Crippen molar-refractivity contribution in [2.24, 2.45) is 0 Å². The highest BCUT2D eigenvalue weighted by molar-refractivity contribution is 6.04. The number of rotatable bonds is 6.